The van der Waals surface area contributed by atoms with Gasteiger partial charge in [-0.05, 0) is 41.2 Å². The fourth-order valence-electron chi connectivity index (χ4n) is 7.83. The number of aliphatic carboxylic acids is 1. The number of aromatic nitrogens is 1. The Hall–Kier alpha value is -6.66. The second-order valence-electron chi connectivity index (χ2n) is 17.6. The zero-order valence-corrected chi connectivity index (χ0v) is 44.7. The molecule has 0 saturated carbocycles. The van der Waals surface area contributed by atoms with Gasteiger partial charge in [-0.3, -0.25) is 43.2 Å². The first-order chi connectivity index (χ1) is 34.7. The molecule has 0 bridgehead atoms. The maximum atomic E-state index is 14.3. The van der Waals surface area contributed by atoms with Crippen molar-refractivity contribution in [1.29, 1.82) is 0 Å². The number of unbranched alkanes of at least 4 members (excludes halogenated alkanes) is 2. The van der Waals surface area contributed by atoms with Gasteiger partial charge < -0.3 is 57.6 Å². The van der Waals surface area contributed by atoms with Gasteiger partial charge in [-0.15, -0.1) is 0 Å². The summed E-state index contributed by atoms with van der Waals surface area (Å²) in [5.74, 6) is -8.70. The van der Waals surface area contributed by atoms with Crippen LogP contribution in [0.1, 0.15) is 88.0 Å². The fraction of sp³-hybridized carbons (Fsp3) is 0.420. The van der Waals surface area contributed by atoms with Crippen LogP contribution in [0.2, 0.25) is 0 Å². The minimum Gasteiger partial charge on any atom is -0.748 e. The zero-order valence-electron chi connectivity index (χ0n) is 41.9. The summed E-state index contributed by atoms with van der Waals surface area (Å²) < 4.78 is 33.6. The number of hydrogen-bond acceptors (Lipinski definition) is 12. The number of aromatic amines is 1. The van der Waals surface area contributed by atoms with Crippen molar-refractivity contribution in [3.63, 3.8) is 0 Å². The van der Waals surface area contributed by atoms with Crippen LogP contribution < -0.4 is 72.5 Å². The predicted octanol–water partition coefficient (Wildman–Crippen LogP) is -2.37. The third-order valence-corrected chi connectivity index (χ3v) is 12.3. The molecule has 0 unspecified atom stereocenters. The van der Waals surface area contributed by atoms with Crippen molar-refractivity contribution in [1.82, 2.24) is 42.2 Å². The second kappa shape index (κ2) is 30.5. The van der Waals surface area contributed by atoms with Crippen molar-refractivity contribution in [2.75, 3.05) is 6.54 Å². The fourth-order valence-corrected chi connectivity index (χ4v) is 8.43. The van der Waals surface area contributed by atoms with Crippen molar-refractivity contribution in [2.45, 2.75) is 127 Å². The molecule has 1 heterocycles. The molecule has 0 aliphatic heterocycles. The van der Waals surface area contributed by atoms with E-state index in [1.807, 2.05) is 19.9 Å². The number of rotatable bonds is 30. The molecule has 3 aromatic carbocycles. The number of para-hydroxylation sites is 1. The van der Waals surface area contributed by atoms with Crippen molar-refractivity contribution in [3.8, 4) is 0 Å². The van der Waals surface area contributed by atoms with Crippen molar-refractivity contribution >= 4 is 74.2 Å². The third-order valence-electron chi connectivity index (χ3n) is 11.6. The van der Waals surface area contributed by atoms with Gasteiger partial charge in [0.1, 0.15) is 36.3 Å². The number of fused-ring (bicyclic) bond motifs is 1. The first kappa shape index (κ1) is 61.6. The monoisotopic (exact) mass is 1050 g/mol. The molecule has 394 valence electrons. The van der Waals surface area contributed by atoms with Gasteiger partial charge in [0.2, 0.25) is 47.3 Å². The summed E-state index contributed by atoms with van der Waals surface area (Å²) in [5, 5.41) is 28.3. The molecule has 22 nitrogen and oxygen atoms in total. The number of nitrogens with one attached hydrogen (secondary N) is 8. The molecule has 0 radical (unpaired) electrons. The van der Waals surface area contributed by atoms with Crippen LogP contribution in [0.25, 0.3) is 10.9 Å². The Morgan fingerprint density at radius 1 is 0.608 bits per heavy atom. The maximum Gasteiger partial charge on any atom is 1.00 e. The largest absolute Gasteiger partial charge is 1.00 e. The van der Waals surface area contributed by atoms with Gasteiger partial charge >= 0.3 is 35.5 Å². The molecule has 11 N–H and O–H groups in total. The van der Waals surface area contributed by atoms with E-state index in [1.165, 1.54) is 31.2 Å². The van der Waals surface area contributed by atoms with Crippen LogP contribution in [-0.4, -0.2) is 119 Å². The summed E-state index contributed by atoms with van der Waals surface area (Å²) >= 11 is 0. The number of primary amides is 1. The summed E-state index contributed by atoms with van der Waals surface area (Å²) in [4.78, 5) is 122. The zero-order chi connectivity index (χ0) is 53.7. The summed E-state index contributed by atoms with van der Waals surface area (Å²) in [7, 11) is -4.54. The molecule has 0 aliphatic rings. The molecule has 0 fully saturated rings. The second-order valence-corrected chi connectivity index (χ2v) is 19.0. The number of hydrogen-bond donors (Lipinski definition) is 10. The van der Waals surface area contributed by atoms with Crippen LogP contribution in [0.3, 0.4) is 0 Å². The molecule has 1 aromatic heterocycles. The molecule has 4 aromatic rings. The molecule has 24 heteroatoms. The quantitative estimate of drug-likeness (QED) is 0.0193. The molecule has 6 atom stereocenters. The average molecular weight is 1050 g/mol. The van der Waals surface area contributed by atoms with E-state index in [0.717, 1.165) is 10.9 Å². The number of carbonyl (C=O) groups excluding carboxylic acids is 8. The molecular formula is C50H64N9NaO13S. The number of carbonyl (C=O) groups is 9. The molecule has 8 amide bonds. The van der Waals surface area contributed by atoms with Gasteiger partial charge in [0.15, 0.2) is 0 Å². The van der Waals surface area contributed by atoms with Gasteiger partial charge in [0.05, 0.1) is 28.8 Å². The Balaban J connectivity index is 0.0000144. The molecular weight excluding hydrogens is 990 g/mol. The number of H-pyrrole nitrogens is 1. The van der Waals surface area contributed by atoms with Crippen LogP contribution >= 0.6 is 0 Å². The molecule has 74 heavy (non-hydrogen) atoms. The average Bonchev–Trinajstić information content (AvgIpc) is 3.74. The molecule has 0 spiro atoms. The third kappa shape index (κ3) is 21.1. The summed E-state index contributed by atoms with van der Waals surface area (Å²) in [6, 6.07) is 13.6. The molecule has 0 saturated heterocycles. The van der Waals surface area contributed by atoms with Crippen LogP contribution in [0, 0.1) is 0 Å². The number of nitrogens with two attached hydrogens (primary N) is 1. The van der Waals surface area contributed by atoms with E-state index < -0.39 is 118 Å². The van der Waals surface area contributed by atoms with E-state index in [1.54, 1.807) is 54.7 Å². The van der Waals surface area contributed by atoms with Gasteiger partial charge in [-0.1, -0.05) is 112 Å². The van der Waals surface area contributed by atoms with E-state index in [0.29, 0.717) is 42.4 Å². The number of amides is 8. The minimum absolute atomic E-state index is 0. The van der Waals surface area contributed by atoms with E-state index in [9.17, 15) is 61.2 Å². The van der Waals surface area contributed by atoms with E-state index in [2.05, 4.69) is 42.2 Å². The van der Waals surface area contributed by atoms with Gasteiger partial charge in [-0.25, -0.2) is 8.42 Å². The van der Waals surface area contributed by atoms with Crippen LogP contribution in [0.5, 0.6) is 0 Å². The van der Waals surface area contributed by atoms with E-state index >= 15 is 0 Å². The van der Waals surface area contributed by atoms with Gasteiger partial charge in [-0.2, -0.15) is 0 Å². The smallest absolute Gasteiger partial charge is 0.748 e. The summed E-state index contributed by atoms with van der Waals surface area (Å²) in [5.41, 5.74) is 8.30. The molecule has 4 rings (SSSR count). The van der Waals surface area contributed by atoms with Gasteiger partial charge in [0, 0.05) is 43.3 Å². The first-order valence-corrected chi connectivity index (χ1v) is 25.4. The number of carboxylic acids is 1. The van der Waals surface area contributed by atoms with Crippen molar-refractivity contribution in [2.24, 2.45) is 5.73 Å². The summed E-state index contributed by atoms with van der Waals surface area (Å²) in [6.45, 7) is 4.23. The Kier molecular flexibility index (Phi) is 25.4. The SMILES string of the molecule is CCCC[C@H](NC(=O)[C@H](Cc1c[nH]c2ccccc12)NC(=O)CNC(=O)[C@H](CCCC)NC(=O)[C@@H](Cc1ccc(CS(=O)(=O)[O-])cc1)NC(C)=O)C(=O)N[C@@H](CC(=O)O)C(=O)N[C@@H](Cc1ccccc1)C(N)=O.[Na+]. The van der Waals surface area contributed by atoms with Crippen molar-refractivity contribution in [3.05, 3.63) is 107 Å². The predicted molar refractivity (Wildman–Crippen MR) is 266 cm³/mol. The summed E-state index contributed by atoms with van der Waals surface area (Å²) in [6.07, 6.45) is 2.81. The number of benzene rings is 3. The van der Waals surface area contributed by atoms with Crippen LogP contribution in [-0.2, 0) is 78.3 Å². The van der Waals surface area contributed by atoms with Crippen LogP contribution in [0.4, 0.5) is 0 Å². The minimum atomic E-state index is -4.54. The Bertz CT molecular complexity index is 2690. The van der Waals surface area contributed by atoms with Crippen molar-refractivity contribution < 1.29 is 90.8 Å². The molecule has 0 aliphatic carbocycles. The standard InChI is InChI=1S/C50H65N9O13S.Na/c1-4-6-16-37(56-48(67)40(54-30(3)60)24-32-19-21-33(22-20-32)29-73(70,71)72)46(65)53-28-43(61)55-41(25-34-27-52-36-18-12-11-15-35(34)36)49(68)57-38(17-7-5-2)47(66)59-42(26-44(62)63)50(69)58-39(45(51)64)23-31-13-9-8-10-14-31;/h8-15,18-22,27,37-42,52H,4-7,16-17,23-26,28-29H2,1-3H3,(H2,51,64)(H,53,65)(H,54,60)(H,55,61)(H,56,67)(H,57,68)(H,58,69)(H,59,66)(H,62,63)(H,70,71,72);/q;+1/p-1/t37-,38-,39-,40+,41-,42-;/m0./s1. The Morgan fingerprint density at radius 2 is 1.09 bits per heavy atom. The number of carboxylic acid groups (broad SMARTS) is 1. The van der Waals surface area contributed by atoms with E-state index in [-0.39, 0.29) is 67.2 Å². The Morgan fingerprint density at radius 3 is 1.66 bits per heavy atom. The normalized spacial score (nSPS) is 13.5. The maximum absolute atomic E-state index is 14.3. The van der Waals surface area contributed by atoms with Crippen LogP contribution in [0.15, 0.2) is 85.1 Å². The Labute approximate surface area is 451 Å². The van der Waals surface area contributed by atoms with E-state index in [4.69, 9.17) is 5.73 Å². The first-order valence-electron chi connectivity index (χ1n) is 23.8. The van der Waals surface area contributed by atoms with Gasteiger partial charge in [0.25, 0.3) is 0 Å². The topological polar surface area (TPSA) is 357 Å².